The molecule has 1 aliphatic carbocycles. The van der Waals surface area contributed by atoms with E-state index in [0.717, 1.165) is 44.2 Å². The highest BCUT2D eigenvalue weighted by molar-refractivity contribution is 5.28. The van der Waals surface area contributed by atoms with E-state index in [0.29, 0.717) is 24.5 Å². The van der Waals surface area contributed by atoms with Crippen LogP contribution in [0.2, 0.25) is 0 Å². The third-order valence-electron chi connectivity index (χ3n) is 5.45. The minimum atomic E-state index is -0.438. The lowest BCUT2D eigenvalue weighted by Crippen LogP contribution is -2.53. The van der Waals surface area contributed by atoms with Crippen LogP contribution in [-0.2, 0) is 14.2 Å². The lowest BCUT2D eigenvalue weighted by Gasteiger charge is -2.45. The highest BCUT2D eigenvalue weighted by atomic mass is 19.1. The fraction of sp³-hybridized carbons (Fsp3) is 0.810. The van der Waals surface area contributed by atoms with Gasteiger partial charge in [0.15, 0.2) is 0 Å². The molecule has 0 spiro atoms. The smallest absolute Gasteiger partial charge is 0.214 e. The van der Waals surface area contributed by atoms with Crippen LogP contribution in [0.25, 0.3) is 0 Å². The van der Waals surface area contributed by atoms with Gasteiger partial charge in [-0.3, -0.25) is 0 Å². The molecule has 0 N–H and O–H groups in total. The minimum Gasteiger partial charge on any atom is -0.477 e. The quantitative estimate of drug-likeness (QED) is 0.484. The van der Waals surface area contributed by atoms with Crippen molar-refractivity contribution in [1.29, 1.82) is 0 Å². The maximum absolute atomic E-state index is 12.5. The first kappa shape index (κ1) is 20.5. The Kier molecular flexibility index (Phi) is 7.41. The fourth-order valence-electron chi connectivity index (χ4n) is 3.66. The molecule has 5 nitrogen and oxygen atoms in total. The summed E-state index contributed by atoms with van der Waals surface area (Å²) in [6, 6.07) is 0.185. The maximum Gasteiger partial charge on any atom is 0.214 e. The molecule has 0 bridgehead atoms. The van der Waals surface area contributed by atoms with Crippen LogP contribution >= 0.6 is 0 Å². The van der Waals surface area contributed by atoms with Gasteiger partial charge in [-0.15, -0.1) is 0 Å². The van der Waals surface area contributed by atoms with Crippen LogP contribution in [0.15, 0.2) is 23.7 Å². The number of halogens is 1. The Balaban J connectivity index is 1.76. The van der Waals surface area contributed by atoms with E-state index in [9.17, 15) is 4.39 Å². The molecule has 0 aromatic rings. The molecule has 1 saturated heterocycles. The van der Waals surface area contributed by atoms with Crippen molar-refractivity contribution in [3.63, 3.8) is 0 Å². The van der Waals surface area contributed by atoms with Crippen molar-refractivity contribution in [3.05, 3.63) is 23.7 Å². The van der Waals surface area contributed by atoms with E-state index in [1.165, 1.54) is 12.8 Å². The highest BCUT2D eigenvalue weighted by Gasteiger charge is 2.35. The number of methoxy groups -OCH3 is 1. The maximum atomic E-state index is 12.5. The number of hydrogen-bond donors (Lipinski definition) is 0. The predicted octanol–water partition coefficient (Wildman–Crippen LogP) is 3.19. The van der Waals surface area contributed by atoms with Gasteiger partial charge >= 0.3 is 0 Å². The van der Waals surface area contributed by atoms with Gasteiger partial charge in [0.25, 0.3) is 0 Å². The molecule has 3 rings (SSSR count). The van der Waals surface area contributed by atoms with Crippen molar-refractivity contribution in [3.8, 4) is 0 Å². The largest absolute Gasteiger partial charge is 0.477 e. The SMILES string of the molecule is COC1CN(C2=C(OCC3CC3)N([C@@H](COCCF)CC(C)C)CC=C2)C1. The average Bonchev–Trinajstić information content (AvgIpc) is 3.43. The first-order valence-corrected chi connectivity index (χ1v) is 10.3. The predicted molar refractivity (Wildman–Crippen MR) is 104 cm³/mol. The summed E-state index contributed by atoms with van der Waals surface area (Å²) < 4.78 is 29.9. The van der Waals surface area contributed by atoms with Crippen LogP contribution in [0.1, 0.15) is 33.1 Å². The van der Waals surface area contributed by atoms with E-state index >= 15 is 0 Å². The highest BCUT2D eigenvalue weighted by Crippen LogP contribution is 2.33. The standard InChI is InChI=1S/C21H35FN2O3/c1-16(2)11-18(15-26-10-8-22)24-9-4-5-20(23-12-19(13-23)25-3)21(24)27-14-17-6-7-17/h4-5,16-19H,6-15H2,1-3H3/t18-/m1/s1. The molecule has 27 heavy (non-hydrogen) atoms. The average molecular weight is 383 g/mol. The molecule has 0 aromatic carbocycles. The summed E-state index contributed by atoms with van der Waals surface area (Å²) in [6.07, 6.45) is 8.20. The first-order chi connectivity index (χ1) is 13.1. The number of allylic oxidation sites excluding steroid dienone is 1. The number of rotatable bonds is 12. The Morgan fingerprint density at radius 2 is 2.04 bits per heavy atom. The summed E-state index contributed by atoms with van der Waals surface area (Å²) in [5, 5.41) is 0. The lowest BCUT2D eigenvalue weighted by atomic mass is 10.0. The van der Waals surface area contributed by atoms with E-state index in [4.69, 9.17) is 14.2 Å². The topological polar surface area (TPSA) is 34.2 Å². The van der Waals surface area contributed by atoms with Crippen LogP contribution in [0.4, 0.5) is 4.39 Å². The van der Waals surface area contributed by atoms with Crippen molar-refractivity contribution in [2.75, 3.05) is 53.2 Å². The molecule has 154 valence electrons. The number of hydrogen-bond acceptors (Lipinski definition) is 5. The number of likely N-dealkylation sites (tertiary alicyclic amines) is 1. The normalized spacial score (nSPS) is 21.8. The third kappa shape index (κ3) is 5.61. The Morgan fingerprint density at radius 1 is 1.26 bits per heavy atom. The molecule has 1 saturated carbocycles. The van der Waals surface area contributed by atoms with Gasteiger partial charge in [0.2, 0.25) is 5.88 Å². The van der Waals surface area contributed by atoms with Crippen LogP contribution in [0, 0.1) is 11.8 Å². The first-order valence-electron chi connectivity index (χ1n) is 10.3. The molecule has 0 amide bonds. The molecule has 2 fully saturated rings. The van der Waals surface area contributed by atoms with Gasteiger partial charge in [0.1, 0.15) is 6.67 Å². The fourth-order valence-corrected chi connectivity index (χ4v) is 3.66. The number of ether oxygens (including phenoxy) is 3. The van der Waals surface area contributed by atoms with Crippen molar-refractivity contribution in [2.45, 2.75) is 45.3 Å². The van der Waals surface area contributed by atoms with Gasteiger partial charge in [0, 0.05) is 26.7 Å². The number of nitrogens with zero attached hydrogens (tertiary/aromatic N) is 2. The zero-order valence-corrected chi connectivity index (χ0v) is 17.0. The minimum absolute atomic E-state index is 0.161. The summed E-state index contributed by atoms with van der Waals surface area (Å²) in [5.41, 5.74) is 1.15. The van der Waals surface area contributed by atoms with Crippen molar-refractivity contribution < 1.29 is 18.6 Å². The molecule has 3 aliphatic rings. The second-order valence-corrected chi connectivity index (χ2v) is 8.31. The summed E-state index contributed by atoms with van der Waals surface area (Å²) in [5.74, 6) is 2.19. The third-order valence-corrected chi connectivity index (χ3v) is 5.45. The van der Waals surface area contributed by atoms with Gasteiger partial charge in [-0.2, -0.15) is 0 Å². The molecule has 2 heterocycles. The molecule has 2 aliphatic heterocycles. The van der Waals surface area contributed by atoms with Gasteiger partial charge in [-0.05, 0) is 37.2 Å². The van der Waals surface area contributed by atoms with E-state index < -0.39 is 6.67 Å². The number of alkyl halides is 1. The summed E-state index contributed by atoms with van der Waals surface area (Å²) >= 11 is 0. The molecule has 0 unspecified atom stereocenters. The van der Waals surface area contributed by atoms with E-state index in [1.54, 1.807) is 7.11 Å². The molecule has 6 heteroatoms. The van der Waals surface area contributed by atoms with Gasteiger partial charge in [-0.25, -0.2) is 4.39 Å². The molecule has 0 aromatic heterocycles. The van der Waals surface area contributed by atoms with Crippen molar-refractivity contribution in [1.82, 2.24) is 9.80 Å². The molecular weight excluding hydrogens is 347 g/mol. The summed E-state index contributed by atoms with van der Waals surface area (Å²) in [6.45, 7) is 8.07. The zero-order valence-electron chi connectivity index (χ0n) is 17.0. The van der Waals surface area contributed by atoms with Gasteiger partial charge < -0.3 is 24.0 Å². The molecular formula is C21H35FN2O3. The van der Waals surface area contributed by atoms with E-state index in [1.807, 2.05) is 0 Å². The van der Waals surface area contributed by atoms with Crippen LogP contribution in [0.5, 0.6) is 0 Å². The van der Waals surface area contributed by atoms with Gasteiger partial charge in [0.05, 0.1) is 37.7 Å². The monoisotopic (exact) mass is 382 g/mol. The second-order valence-electron chi connectivity index (χ2n) is 8.31. The molecule has 1 atom stereocenters. The van der Waals surface area contributed by atoms with Crippen LogP contribution in [0.3, 0.4) is 0 Å². The summed E-state index contributed by atoms with van der Waals surface area (Å²) in [4.78, 5) is 4.66. The Labute approximate surface area is 163 Å². The Hall–Kier alpha value is -1.27. The Morgan fingerprint density at radius 3 is 2.67 bits per heavy atom. The lowest BCUT2D eigenvalue weighted by molar-refractivity contribution is -0.0227. The van der Waals surface area contributed by atoms with E-state index in [2.05, 4.69) is 35.8 Å². The van der Waals surface area contributed by atoms with Crippen LogP contribution < -0.4 is 0 Å². The van der Waals surface area contributed by atoms with Gasteiger partial charge in [-0.1, -0.05) is 19.9 Å². The van der Waals surface area contributed by atoms with Crippen molar-refractivity contribution in [2.24, 2.45) is 11.8 Å². The van der Waals surface area contributed by atoms with Crippen LogP contribution in [-0.4, -0.2) is 75.2 Å². The Bertz CT molecular complexity index is 528. The van der Waals surface area contributed by atoms with Crippen molar-refractivity contribution >= 4 is 0 Å². The second kappa shape index (κ2) is 9.78. The molecule has 0 radical (unpaired) electrons. The van der Waals surface area contributed by atoms with E-state index in [-0.39, 0.29) is 12.6 Å². The summed E-state index contributed by atoms with van der Waals surface area (Å²) in [7, 11) is 1.77. The zero-order chi connectivity index (χ0) is 19.2.